The number of pyridine rings is 1. The van der Waals surface area contributed by atoms with Crippen LogP contribution in [0.15, 0.2) is 36.4 Å². The zero-order valence-electron chi connectivity index (χ0n) is 10.5. The number of nitrogens with zero attached hydrogens (tertiary/aromatic N) is 1. The Hall–Kier alpha value is -2.23. The second-order valence-electron chi connectivity index (χ2n) is 3.95. The largest absolute Gasteiger partial charge is 0.485 e. The number of nitrogens with two attached hydrogens (primary N) is 1. The highest BCUT2D eigenvalue weighted by Crippen LogP contribution is 2.25. The third-order valence-corrected chi connectivity index (χ3v) is 2.65. The van der Waals surface area contributed by atoms with Crippen LogP contribution < -0.4 is 15.2 Å². The topological polar surface area (TPSA) is 57.4 Å². The number of anilines is 1. The van der Waals surface area contributed by atoms with Gasteiger partial charge < -0.3 is 15.2 Å². The van der Waals surface area contributed by atoms with Crippen molar-refractivity contribution in [2.24, 2.45) is 0 Å². The van der Waals surface area contributed by atoms with E-state index in [2.05, 4.69) is 4.98 Å². The summed E-state index contributed by atoms with van der Waals surface area (Å²) in [7, 11) is 1.59. The lowest BCUT2D eigenvalue weighted by Crippen LogP contribution is -2.02. The number of hydrogen-bond acceptors (Lipinski definition) is 4. The third kappa shape index (κ3) is 2.71. The Morgan fingerprint density at radius 3 is 2.72 bits per heavy atom. The first-order chi connectivity index (χ1) is 8.70. The highest BCUT2D eigenvalue weighted by atomic mass is 16.5. The van der Waals surface area contributed by atoms with Gasteiger partial charge in [-0.05, 0) is 24.6 Å². The molecule has 0 spiro atoms. The van der Waals surface area contributed by atoms with E-state index in [-0.39, 0.29) is 0 Å². The summed E-state index contributed by atoms with van der Waals surface area (Å²) >= 11 is 0. The number of nitrogen functional groups attached to an aromatic ring is 1. The van der Waals surface area contributed by atoms with E-state index >= 15 is 0 Å². The molecule has 1 heterocycles. The number of hydrogen-bond donors (Lipinski definition) is 1. The number of ether oxygens (including phenoxy) is 2. The lowest BCUT2D eigenvalue weighted by molar-refractivity contribution is 0.299. The van der Waals surface area contributed by atoms with Gasteiger partial charge >= 0.3 is 0 Å². The zero-order valence-corrected chi connectivity index (χ0v) is 10.5. The molecule has 94 valence electrons. The molecule has 18 heavy (non-hydrogen) atoms. The van der Waals surface area contributed by atoms with Crippen molar-refractivity contribution in [2.75, 3.05) is 12.8 Å². The molecule has 0 saturated carbocycles. The SMILES string of the molecule is COc1cccc(COc2cccc(C)c2N)n1. The standard InChI is InChI=1S/C14H16N2O2/c1-10-5-3-7-12(14(10)15)18-9-11-6-4-8-13(16-11)17-2/h3-8H,9,15H2,1-2H3. The molecule has 0 aliphatic carbocycles. The number of benzene rings is 1. The molecule has 0 atom stereocenters. The summed E-state index contributed by atoms with van der Waals surface area (Å²) < 4.78 is 10.7. The smallest absolute Gasteiger partial charge is 0.213 e. The van der Waals surface area contributed by atoms with E-state index in [9.17, 15) is 0 Å². The minimum absolute atomic E-state index is 0.366. The van der Waals surface area contributed by atoms with Gasteiger partial charge in [0.15, 0.2) is 0 Å². The molecule has 0 amide bonds. The number of aromatic nitrogens is 1. The van der Waals surface area contributed by atoms with Gasteiger partial charge in [-0.2, -0.15) is 0 Å². The molecule has 0 aliphatic heterocycles. The summed E-state index contributed by atoms with van der Waals surface area (Å²) in [6, 6.07) is 11.3. The molecular formula is C14H16N2O2. The molecule has 0 bridgehead atoms. The van der Waals surface area contributed by atoms with Gasteiger partial charge in [-0.15, -0.1) is 0 Å². The molecule has 2 N–H and O–H groups in total. The normalized spacial score (nSPS) is 10.1. The molecule has 4 nitrogen and oxygen atoms in total. The molecule has 0 saturated heterocycles. The Labute approximate surface area is 106 Å². The van der Waals surface area contributed by atoms with Crippen molar-refractivity contribution in [1.29, 1.82) is 0 Å². The Balaban J connectivity index is 2.09. The van der Waals surface area contributed by atoms with Crippen LogP contribution in [0.5, 0.6) is 11.6 Å². The average molecular weight is 244 g/mol. The van der Waals surface area contributed by atoms with Crippen LogP contribution >= 0.6 is 0 Å². The van der Waals surface area contributed by atoms with Crippen LogP contribution in [0.1, 0.15) is 11.3 Å². The van der Waals surface area contributed by atoms with Crippen LogP contribution in [0.25, 0.3) is 0 Å². The van der Waals surface area contributed by atoms with Gasteiger partial charge in [0, 0.05) is 6.07 Å². The summed E-state index contributed by atoms with van der Waals surface area (Å²) in [5.41, 5.74) is 8.41. The second-order valence-corrected chi connectivity index (χ2v) is 3.95. The van der Waals surface area contributed by atoms with Crippen LogP contribution in [0.2, 0.25) is 0 Å². The number of para-hydroxylation sites is 1. The van der Waals surface area contributed by atoms with E-state index in [0.29, 0.717) is 23.9 Å². The quantitative estimate of drug-likeness (QED) is 0.840. The molecule has 2 aromatic rings. The first kappa shape index (κ1) is 12.2. The first-order valence-corrected chi connectivity index (χ1v) is 5.68. The van der Waals surface area contributed by atoms with Gasteiger partial charge in [0.2, 0.25) is 5.88 Å². The molecule has 2 rings (SSSR count). The van der Waals surface area contributed by atoms with Crippen molar-refractivity contribution in [3.05, 3.63) is 47.7 Å². The molecule has 0 fully saturated rings. The van der Waals surface area contributed by atoms with E-state index in [0.717, 1.165) is 11.3 Å². The summed E-state index contributed by atoms with van der Waals surface area (Å²) in [6.07, 6.45) is 0. The van der Waals surface area contributed by atoms with Crippen molar-refractivity contribution in [2.45, 2.75) is 13.5 Å². The molecule has 0 unspecified atom stereocenters. The lowest BCUT2D eigenvalue weighted by atomic mass is 10.2. The van der Waals surface area contributed by atoms with Crippen LogP contribution in [0.4, 0.5) is 5.69 Å². The minimum atomic E-state index is 0.366. The average Bonchev–Trinajstić information content (AvgIpc) is 2.41. The molecular weight excluding hydrogens is 228 g/mol. The fraction of sp³-hybridized carbons (Fsp3) is 0.214. The summed E-state index contributed by atoms with van der Waals surface area (Å²) in [6.45, 7) is 2.32. The fourth-order valence-electron chi connectivity index (χ4n) is 1.58. The lowest BCUT2D eigenvalue weighted by Gasteiger charge is -2.10. The van der Waals surface area contributed by atoms with Gasteiger partial charge in [-0.25, -0.2) is 4.98 Å². The van der Waals surface area contributed by atoms with Crippen LogP contribution in [0, 0.1) is 6.92 Å². The maximum atomic E-state index is 5.93. The zero-order chi connectivity index (χ0) is 13.0. The highest BCUT2D eigenvalue weighted by Gasteiger charge is 2.04. The summed E-state index contributed by atoms with van der Waals surface area (Å²) in [5.74, 6) is 1.26. The first-order valence-electron chi connectivity index (χ1n) is 5.68. The second kappa shape index (κ2) is 5.40. The van der Waals surface area contributed by atoms with E-state index in [4.69, 9.17) is 15.2 Å². The summed E-state index contributed by atoms with van der Waals surface area (Å²) in [5, 5.41) is 0. The van der Waals surface area contributed by atoms with Gasteiger partial charge in [0.25, 0.3) is 0 Å². The molecule has 0 radical (unpaired) electrons. The van der Waals surface area contributed by atoms with Crippen LogP contribution in [-0.2, 0) is 6.61 Å². The fourth-order valence-corrected chi connectivity index (χ4v) is 1.58. The number of rotatable bonds is 4. The maximum absolute atomic E-state index is 5.93. The Morgan fingerprint density at radius 1 is 1.17 bits per heavy atom. The highest BCUT2D eigenvalue weighted by molar-refractivity contribution is 5.57. The summed E-state index contributed by atoms with van der Waals surface area (Å²) in [4.78, 5) is 4.27. The van der Waals surface area contributed by atoms with Crippen molar-refractivity contribution in [3.63, 3.8) is 0 Å². The predicted octanol–water partition coefficient (Wildman–Crippen LogP) is 2.56. The monoisotopic (exact) mass is 244 g/mol. The van der Waals surface area contributed by atoms with Gasteiger partial charge in [0.1, 0.15) is 12.4 Å². The van der Waals surface area contributed by atoms with E-state index in [1.165, 1.54) is 0 Å². The van der Waals surface area contributed by atoms with Crippen molar-refractivity contribution in [3.8, 4) is 11.6 Å². The van der Waals surface area contributed by atoms with E-state index < -0.39 is 0 Å². The third-order valence-electron chi connectivity index (χ3n) is 2.65. The molecule has 1 aromatic heterocycles. The molecule has 4 heteroatoms. The Kier molecular flexibility index (Phi) is 3.67. The Bertz CT molecular complexity index is 541. The Morgan fingerprint density at radius 2 is 1.94 bits per heavy atom. The van der Waals surface area contributed by atoms with Gasteiger partial charge in [-0.3, -0.25) is 0 Å². The van der Waals surface area contributed by atoms with Crippen LogP contribution in [-0.4, -0.2) is 12.1 Å². The van der Waals surface area contributed by atoms with Gasteiger partial charge in [0.05, 0.1) is 18.5 Å². The number of methoxy groups -OCH3 is 1. The van der Waals surface area contributed by atoms with Gasteiger partial charge in [-0.1, -0.05) is 18.2 Å². The number of aryl methyl sites for hydroxylation is 1. The van der Waals surface area contributed by atoms with E-state index in [1.807, 2.05) is 37.3 Å². The molecule has 0 aliphatic rings. The van der Waals surface area contributed by atoms with Crippen molar-refractivity contribution >= 4 is 5.69 Å². The predicted molar refractivity (Wildman–Crippen MR) is 70.7 cm³/mol. The van der Waals surface area contributed by atoms with E-state index in [1.54, 1.807) is 13.2 Å². The molecule has 1 aromatic carbocycles. The van der Waals surface area contributed by atoms with Crippen molar-refractivity contribution < 1.29 is 9.47 Å². The van der Waals surface area contributed by atoms with Crippen LogP contribution in [0.3, 0.4) is 0 Å². The maximum Gasteiger partial charge on any atom is 0.213 e. The minimum Gasteiger partial charge on any atom is -0.485 e. The van der Waals surface area contributed by atoms with Crippen molar-refractivity contribution in [1.82, 2.24) is 4.98 Å².